The van der Waals surface area contributed by atoms with E-state index in [1.165, 1.54) is 0 Å². The van der Waals surface area contributed by atoms with Crippen molar-refractivity contribution < 1.29 is 14.7 Å². The van der Waals surface area contributed by atoms with E-state index < -0.39 is 5.97 Å². The van der Waals surface area contributed by atoms with Crippen LogP contribution in [0.25, 0.3) is 0 Å². The van der Waals surface area contributed by atoms with Gasteiger partial charge in [-0.15, -0.1) is 0 Å². The monoisotopic (exact) mass is 228 g/mol. The first-order chi connectivity index (χ1) is 7.56. The minimum atomic E-state index is -0.740. The lowest BCUT2D eigenvalue weighted by Crippen LogP contribution is -2.44. The summed E-state index contributed by atoms with van der Waals surface area (Å²) < 4.78 is 0. The molecule has 0 aromatic carbocycles. The molecule has 1 unspecified atom stereocenters. The zero-order valence-electron chi connectivity index (χ0n) is 9.90. The molecule has 1 atom stereocenters. The van der Waals surface area contributed by atoms with Gasteiger partial charge in [-0.05, 0) is 19.9 Å². The van der Waals surface area contributed by atoms with E-state index in [-0.39, 0.29) is 17.7 Å². The Kier molecular flexibility index (Phi) is 4.73. The molecule has 0 spiro atoms. The lowest BCUT2D eigenvalue weighted by Gasteiger charge is -2.32. The number of piperidine rings is 1. The summed E-state index contributed by atoms with van der Waals surface area (Å²) >= 11 is 0. The molecule has 0 bridgehead atoms. The Morgan fingerprint density at radius 1 is 1.44 bits per heavy atom. The fourth-order valence-electron chi connectivity index (χ4n) is 2.05. The summed E-state index contributed by atoms with van der Waals surface area (Å²) in [5, 5.41) is 11.8. The van der Waals surface area contributed by atoms with E-state index in [9.17, 15) is 9.59 Å². The second-order valence-corrected chi connectivity index (χ2v) is 4.40. The van der Waals surface area contributed by atoms with Crippen LogP contribution in [0, 0.1) is 11.8 Å². The molecular weight excluding hydrogens is 208 g/mol. The van der Waals surface area contributed by atoms with Gasteiger partial charge >= 0.3 is 5.97 Å². The normalized spacial score (nSPS) is 19.5. The van der Waals surface area contributed by atoms with Gasteiger partial charge in [-0.2, -0.15) is 0 Å². The number of amides is 1. The first-order valence-electron chi connectivity index (χ1n) is 5.72. The van der Waals surface area contributed by atoms with Crippen LogP contribution in [0.4, 0.5) is 0 Å². The van der Waals surface area contributed by atoms with Crippen LogP contribution in [0.2, 0.25) is 0 Å². The molecule has 0 aromatic rings. The number of carbonyl (C=O) groups is 2. The summed E-state index contributed by atoms with van der Waals surface area (Å²) in [4.78, 5) is 24.4. The molecule has 1 saturated heterocycles. The van der Waals surface area contributed by atoms with E-state index in [2.05, 4.69) is 5.32 Å². The van der Waals surface area contributed by atoms with Crippen molar-refractivity contribution >= 4 is 11.9 Å². The van der Waals surface area contributed by atoms with Crippen LogP contribution >= 0.6 is 0 Å². The third-order valence-electron chi connectivity index (χ3n) is 3.09. The molecule has 0 radical (unpaired) electrons. The van der Waals surface area contributed by atoms with Crippen molar-refractivity contribution in [2.24, 2.45) is 11.8 Å². The van der Waals surface area contributed by atoms with Crippen molar-refractivity contribution in [3.05, 3.63) is 0 Å². The second-order valence-electron chi connectivity index (χ2n) is 4.40. The molecule has 0 aliphatic carbocycles. The molecule has 1 aliphatic heterocycles. The van der Waals surface area contributed by atoms with Crippen LogP contribution in [0.1, 0.15) is 19.8 Å². The zero-order valence-corrected chi connectivity index (χ0v) is 9.90. The summed E-state index contributed by atoms with van der Waals surface area (Å²) in [6.07, 6.45) is 1.15. The van der Waals surface area contributed by atoms with Gasteiger partial charge in [0.2, 0.25) is 5.91 Å². The van der Waals surface area contributed by atoms with Crippen LogP contribution in [-0.2, 0) is 9.59 Å². The van der Waals surface area contributed by atoms with Crippen molar-refractivity contribution in [1.29, 1.82) is 0 Å². The van der Waals surface area contributed by atoms with Gasteiger partial charge in [0.1, 0.15) is 0 Å². The van der Waals surface area contributed by atoms with Crippen molar-refractivity contribution in [3.63, 3.8) is 0 Å². The predicted molar refractivity (Wildman–Crippen MR) is 60.0 cm³/mol. The number of hydrogen-bond acceptors (Lipinski definition) is 3. The van der Waals surface area contributed by atoms with Crippen LogP contribution < -0.4 is 5.32 Å². The third kappa shape index (κ3) is 3.20. The molecule has 0 saturated carbocycles. The van der Waals surface area contributed by atoms with Gasteiger partial charge in [-0.3, -0.25) is 9.59 Å². The number of nitrogens with one attached hydrogen (secondary N) is 1. The molecule has 16 heavy (non-hydrogen) atoms. The summed E-state index contributed by atoms with van der Waals surface area (Å²) in [7, 11) is 1.82. The maximum absolute atomic E-state index is 11.9. The van der Waals surface area contributed by atoms with Gasteiger partial charge in [0.15, 0.2) is 0 Å². The summed E-state index contributed by atoms with van der Waals surface area (Å²) in [5.74, 6) is -0.927. The number of carbonyl (C=O) groups excluding carboxylic acids is 1. The Labute approximate surface area is 95.8 Å². The fourth-order valence-corrected chi connectivity index (χ4v) is 2.05. The number of carboxylic acids is 1. The van der Waals surface area contributed by atoms with Crippen molar-refractivity contribution in [2.45, 2.75) is 19.8 Å². The number of likely N-dealkylation sites (tertiary alicyclic amines) is 1. The molecule has 1 rings (SSSR count). The Balaban J connectivity index is 2.41. The van der Waals surface area contributed by atoms with Crippen molar-refractivity contribution in [2.75, 3.05) is 26.7 Å². The molecule has 5 nitrogen and oxygen atoms in total. The van der Waals surface area contributed by atoms with Gasteiger partial charge in [0, 0.05) is 25.6 Å². The minimum absolute atomic E-state index is 0.0358. The highest BCUT2D eigenvalue weighted by Gasteiger charge is 2.28. The predicted octanol–water partition coefficient (Wildman–Crippen LogP) is 0.165. The maximum Gasteiger partial charge on any atom is 0.306 e. The van der Waals surface area contributed by atoms with Gasteiger partial charge in [-0.1, -0.05) is 6.92 Å². The van der Waals surface area contributed by atoms with Gasteiger partial charge < -0.3 is 15.3 Å². The average molecular weight is 228 g/mol. The first-order valence-corrected chi connectivity index (χ1v) is 5.72. The standard InChI is InChI=1S/C11H20N2O3/c1-8(7-12-2)10(14)13-5-3-9(4-6-13)11(15)16/h8-9,12H,3-7H2,1-2H3,(H,15,16). The second kappa shape index (κ2) is 5.84. The average Bonchev–Trinajstić information content (AvgIpc) is 2.28. The van der Waals surface area contributed by atoms with Crippen molar-refractivity contribution in [3.8, 4) is 0 Å². The zero-order chi connectivity index (χ0) is 12.1. The van der Waals surface area contributed by atoms with Crippen LogP contribution in [-0.4, -0.2) is 48.6 Å². The highest BCUT2D eigenvalue weighted by Crippen LogP contribution is 2.18. The van der Waals surface area contributed by atoms with Crippen LogP contribution in [0.15, 0.2) is 0 Å². The van der Waals surface area contributed by atoms with Gasteiger partial charge in [0.05, 0.1) is 5.92 Å². The molecule has 0 aromatic heterocycles. The van der Waals surface area contributed by atoms with Crippen LogP contribution in [0.5, 0.6) is 0 Å². The Hall–Kier alpha value is -1.10. The van der Waals surface area contributed by atoms with Crippen molar-refractivity contribution in [1.82, 2.24) is 10.2 Å². The fraction of sp³-hybridized carbons (Fsp3) is 0.818. The smallest absolute Gasteiger partial charge is 0.306 e. The largest absolute Gasteiger partial charge is 0.481 e. The van der Waals surface area contributed by atoms with Gasteiger partial charge in [0.25, 0.3) is 0 Å². The van der Waals surface area contributed by atoms with E-state index in [4.69, 9.17) is 5.11 Å². The Morgan fingerprint density at radius 2 is 2.00 bits per heavy atom. The Morgan fingerprint density at radius 3 is 2.44 bits per heavy atom. The lowest BCUT2D eigenvalue weighted by molar-refractivity contribution is -0.146. The number of nitrogens with zero attached hydrogens (tertiary/aromatic N) is 1. The SMILES string of the molecule is CNCC(C)C(=O)N1CCC(C(=O)O)CC1. The summed E-state index contributed by atoms with van der Waals surface area (Å²) in [6, 6.07) is 0. The maximum atomic E-state index is 11.9. The van der Waals surface area contributed by atoms with Crippen LogP contribution in [0.3, 0.4) is 0 Å². The van der Waals surface area contributed by atoms with Gasteiger partial charge in [-0.25, -0.2) is 0 Å². The highest BCUT2D eigenvalue weighted by atomic mass is 16.4. The first kappa shape index (κ1) is 13.0. The van der Waals surface area contributed by atoms with E-state index in [1.54, 1.807) is 4.90 Å². The molecule has 1 aliphatic rings. The number of hydrogen-bond donors (Lipinski definition) is 2. The summed E-state index contributed by atoms with van der Waals surface area (Å²) in [5.41, 5.74) is 0. The van der Waals surface area contributed by atoms with E-state index in [0.29, 0.717) is 32.5 Å². The Bertz CT molecular complexity index is 260. The topological polar surface area (TPSA) is 69.6 Å². The number of carboxylic acid groups (broad SMARTS) is 1. The molecule has 5 heteroatoms. The minimum Gasteiger partial charge on any atom is -0.481 e. The number of rotatable bonds is 4. The number of aliphatic carboxylic acids is 1. The van der Waals surface area contributed by atoms with E-state index in [0.717, 1.165) is 0 Å². The molecule has 2 N–H and O–H groups in total. The molecule has 1 heterocycles. The third-order valence-corrected chi connectivity index (χ3v) is 3.09. The van der Waals surface area contributed by atoms with E-state index in [1.807, 2.05) is 14.0 Å². The lowest BCUT2D eigenvalue weighted by atomic mass is 9.96. The molecule has 92 valence electrons. The molecule has 1 fully saturated rings. The quantitative estimate of drug-likeness (QED) is 0.719. The van der Waals surface area contributed by atoms with E-state index >= 15 is 0 Å². The summed E-state index contributed by atoms with van der Waals surface area (Å²) in [6.45, 7) is 3.70. The highest BCUT2D eigenvalue weighted by molar-refractivity contribution is 5.79. The molecular formula is C11H20N2O3. The molecule has 1 amide bonds.